The number of rotatable bonds is 2. The Labute approximate surface area is 184 Å². The maximum absolute atomic E-state index is 13.1. The molecule has 0 radical (unpaired) electrons. The highest BCUT2D eigenvalue weighted by Gasteiger charge is 2.54. The van der Waals surface area contributed by atoms with Gasteiger partial charge in [-0.25, -0.2) is 4.79 Å². The van der Waals surface area contributed by atoms with Crippen LogP contribution in [0.4, 0.5) is 5.69 Å². The van der Waals surface area contributed by atoms with E-state index in [1.165, 1.54) is 24.3 Å². The van der Waals surface area contributed by atoms with Crippen LogP contribution in [0.25, 0.3) is 0 Å². The number of phenols is 2. The molecule has 2 aliphatic rings. The summed E-state index contributed by atoms with van der Waals surface area (Å²) in [5.41, 5.74) is 0.882. The first kappa shape index (κ1) is 18.7. The van der Waals surface area contributed by atoms with Gasteiger partial charge in [0.2, 0.25) is 5.91 Å². The standard InChI is InChI=1S/C22H14INO6/c23-10-19(27)24-16-3-1-2-15-20(16)21(28)30-22(15)13-6-4-11(25)8-17(13)29-18-9-12(26)5-7-14(18)22/h1-9,25-26H,10H2,(H,24,27). The quantitative estimate of drug-likeness (QED) is 0.271. The van der Waals surface area contributed by atoms with Crippen LogP contribution in [0.1, 0.15) is 27.0 Å². The second-order valence-electron chi connectivity index (χ2n) is 6.94. The van der Waals surface area contributed by atoms with Crippen LogP contribution in [0.5, 0.6) is 23.0 Å². The van der Waals surface area contributed by atoms with Gasteiger partial charge in [-0.1, -0.05) is 34.7 Å². The minimum absolute atomic E-state index is 0.0138. The van der Waals surface area contributed by atoms with Crippen LogP contribution in [0.15, 0.2) is 54.6 Å². The molecule has 0 aliphatic carbocycles. The number of aromatic hydroxyl groups is 2. The summed E-state index contributed by atoms with van der Waals surface area (Å²) in [4.78, 5) is 25.0. The molecule has 1 spiro atoms. The molecule has 1 amide bonds. The number of hydrogen-bond acceptors (Lipinski definition) is 6. The van der Waals surface area contributed by atoms with Gasteiger partial charge < -0.3 is 25.0 Å². The van der Waals surface area contributed by atoms with Crippen LogP contribution < -0.4 is 10.1 Å². The number of nitrogens with one attached hydrogen (secondary N) is 1. The maximum atomic E-state index is 13.1. The van der Waals surface area contributed by atoms with Crippen molar-refractivity contribution in [1.29, 1.82) is 0 Å². The van der Waals surface area contributed by atoms with E-state index in [-0.39, 0.29) is 27.4 Å². The van der Waals surface area contributed by atoms with Gasteiger partial charge in [0.05, 0.1) is 15.7 Å². The SMILES string of the molecule is O=C(CI)Nc1cccc2c1C(=O)OC21c2ccc(O)cc2Oc2cc(O)ccc21. The monoisotopic (exact) mass is 515 g/mol. The number of amides is 1. The Balaban J connectivity index is 1.82. The Morgan fingerprint density at radius 3 is 2.20 bits per heavy atom. The van der Waals surface area contributed by atoms with Gasteiger partial charge in [-0.05, 0) is 30.3 Å². The minimum atomic E-state index is -1.35. The van der Waals surface area contributed by atoms with Crippen molar-refractivity contribution in [3.63, 3.8) is 0 Å². The number of hydrogen-bond donors (Lipinski definition) is 3. The molecule has 30 heavy (non-hydrogen) atoms. The number of carbonyl (C=O) groups is 2. The Morgan fingerprint density at radius 1 is 0.967 bits per heavy atom. The molecule has 0 saturated carbocycles. The van der Waals surface area contributed by atoms with Crippen LogP contribution in [-0.4, -0.2) is 26.5 Å². The topological polar surface area (TPSA) is 105 Å². The number of esters is 1. The van der Waals surface area contributed by atoms with Crippen LogP contribution in [0.3, 0.4) is 0 Å². The van der Waals surface area contributed by atoms with Crippen LogP contribution in [-0.2, 0) is 15.1 Å². The molecular weight excluding hydrogens is 501 g/mol. The van der Waals surface area contributed by atoms with Gasteiger partial charge in [-0.2, -0.15) is 0 Å². The summed E-state index contributed by atoms with van der Waals surface area (Å²) in [6.07, 6.45) is 0. The third-order valence-corrected chi connectivity index (χ3v) is 5.89. The zero-order valence-electron chi connectivity index (χ0n) is 15.3. The van der Waals surface area contributed by atoms with Crippen molar-refractivity contribution >= 4 is 40.2 Å². The zero-order chi connectivity index (χ0) is 21.0. The average Bonchev–Trinajstić information content (AvgIpc) is 3.01. The molecule has 0 aromatic heterocycles. The lowest BCUT2D eigenvalue weighted by molar-refractivity contribution is -0.113. The van der Waals surface area contributed by atoms with Crippen molar-refractivity contribution in [3.8, 4) is 23.0 Å². The fourth-order valence-electron chi connectivity index (χ4n) is 4.03. The molecule has 7 nitrogen and oxygen atoms in total. The Morgan fingerprint density at radius 2 is 1.60 bits per heavy atom. The van der Waals surface area contributed by atoms with E-state index in [4.69, 9.17) is 9.47 Å². The highest BCUT2D eigenvalue weighted by atomic mass is 127. The molecule has 150 valence electrons. The second-order valence-corrected chi connectivity index (χ2v) is 7.71. The zero-order valence-corrected chi connectivity index (χ0v) is 17.5. The fourth-order valence-corrected chi connectivity index (χ4v) is 4.23. The third kappa shape index (κ3) is 2.56. The van der Waals surface area contributed by atoms with Crippen LogP contribution >= 0.6 is 22.6 Å². The fraction of sp³-hybridized carbons (Fsp3) is 0.0909. The molecule has 0 bridgehead atoms. The molecule has 0 saturated heterocycles. The lowest BCUT2D eigenvalue weighted by Gasteiger charge is -2.36. The number of fused-ring (bicyclic) bond motifs is 6. The molecule has 2 aliphatic heterocycles. The molecule has 3 N–H and O–H groups in total. The maximum Gasteiger partial charge on any atom is 0.342 e. The summed E-state index contributed by atoms with van der Waals surface area (Å²) in [5, 5.41) is 22.7. The van der Waals surface area contributed by atoms with Crippen molar-refractivity contribution in [2.45, 2.75) is 5.60 Å². The van der Waals surface area contributed by atoms with Gasteiger partial charge >= 0.3 is 5.97 Å². The van der Waals surface area contributed by atoms with Gasteiger partial charge in [0.1, 0.15) is 23.0 Å². The van der Waals surface area contributed by atoms with Crippen molar-refractivity contribution in [2.75, 3.05) is 9.74 Å². The molecule has 5 rings (SSSR count). The predicted molar refractivity (Wildman–Crippen MR) is 116 cm³/mol. The van der Waals surface area contributed by atoms with Gasteiger partial charge in [0.15, 0.2) is 5.60 Å². The summed E-state index contributed by atoms with van der Waals surface area (Å²) in [5.74, 6) is -0.249. The van der Waals surface area contributed by atoms with Crippen LogP contribution in [0.2, 0.25) is 0 Å². The van der Waals surface area contributed by atoms with E-state index >= 15 is 0 Å². The van der Waals surface area contributed by atoms with Crippen LogP contribution in [0, 0.1) is 0 Å². The highest BCUT2D eigenvalue weighted by molar-refractivity contribution is 14.1. The predicted octanol–water partition coefficient (Wildman–Crippen LogP) is 4.04. The van der Waals surface area contributed by atoms with E-state index in [1.54, 1.807) is 30.3 Å². The van der Waals surface area contributed by atoms with E-state index < -0.39 is 11.6 Å². The average molecular weight is 515 g/mol. The van der Waals surface area contributed by atoms with Crippen molar-refractivity contribution in [3.05, 3.63) is 76.9 Å². The number of anilines is 1. The Bertz CT molecular complexity index is 1190. The number of ether oxygens (including phenoxy) is 2. The summed E-state index contributed by atoms with van der Waals surface area (Å²) in [7, 11) is 0. The smallest absolute Gasteiger partial charge is 0.342 e. The Kier molecular flexibility index (Phi) is 4.14. The number of benzene rings is 3. The first-order chi connectivity index (χ1) is 14.4. The van der Waals surface area contributed by atoms with E-state index in [0.29, 0.717) is 33.9 Å². The molecule has 0 fully saturated rings. The van der Waals surface area contributed by atoms with Crippen molar-refractivity contribution in [1.82, 2.24) is 0 Å². The summed E-state index contributed by atoms with van der Waals surface area (Å²) < 4.78 is 12.2. The van der Waals surface area contributed by atoms with Gasteiger partial charge in [-0.3, -0.25) is 4.79 Å². The molecular formula is C22H14INO6. The molecule has 0 unspecified atom stereocenters. The molecule has 0 atom stereocenters. The summed E-state index contributed by atoms with van der Waals surface area (Å²) in [6.45, 7) is 0. The number of carbonyl (C=O) groups excluding carboxylic acids is 2. The summed E-state index contributed by atoms with van der Waals surface area (Å²) in [6, 6.07) is 14.3. The Hall–Kier alpha value is -3.27. The van der Waals surface area contributed by atoms with Crippen molar-refractivity contribution in [2.24, 2.45) is 0 Å². The first-order valence-corrected chi connectivity index (χ1v) is 10.5. The van der Waals surface area contributed by atoms with Gasteiger partial charge in [0, 0.05) is 28.8 Å². The van der Waals surface area contributed by atoms with Gasteiger partial charge in [0.25, 0.3) is 0 Å². The normalized spacial score (nSPS) is 14.9. The molecule has 3 aromatic rings. The molecule has 3 aromatic carbocycles. The lowest BCUT2D eigenvalue weighted by Crippen LogP contribution is -2.32. The largest absolute Gasteiger partial charge is 0.508 e. The minimum Gasteiger partial charge on any atom is -0.508 e. The second kappa shape index (κ2) is 6.63. The number of alkyl halides is 1. The highest BCUT2D eigenvalue weighted by Crippen LogP contribution is 2.57. The number of phenolic OH excluding ortho intramolecular Hbond substituents is 2. The summed E-state index contributed by atoms with van der Waals surface area (Å²) >= 11 is 1.94. The molecule has 8 heteroatoms. The first-order valence-electron chi connectivity index (χ1n) is 9.01. The van der Waals surface area contributed by atoms with E-state index in [0.717, 1.165) is 0 Å². The van der Waals surface area contributed by atoms with E-state index in [9.17, 15) is 19.8 Å². The lowest BCUT2D eigenvalue weighted by atomic mass is 9.77. The van der Waals surface area contributed by atoms with E-state index in [1.807, 2.05) is 22.6 Å². The molecule has 2 heterocycles. The van der Waals surface area contributed by atoms with E-state index in [2.05, 4.69) is 5.32 Å². The third-order valence-electron chi connectivity index (χ3n) is 5.20. The van der Waals surface area contributed by atoms with Gasteiger partial charge in [-0.15, -0.1) is 0 Å². The number of halogens is 1. The van der Waals surface area contributed by atoms with Crippen molar-refractivity contribution < 1.29 is 29.3 Å².